The highest BCUT2D eigenvalue weighted by Gasteiger charge is 2.31. The minimum atomic E-state index is -0.279. The van der Waals surface area contributed by atoms with E-state index >= 15 is 0 Å². The summed E-state index contributed by atoms with van der Waals surface area (Å²) in [6.07, 6.45) is 3.63. The Kier molecular flexibility index (Phi) is 5.17. The average molecular weight is 280 g/mol. The fraction of sp³-hybridized carbons (Fsp3) is 0.571. The Labute approximate surface area is 118 Å². The summed E-state index contributed by atoms with van der Waals surface area (Å²) in [7, 11) is 0. The lowest BCUT2D eigenvalue weighted by Crippen LogP contribution is -2.41. The Balaban J connectivity index is 1.75. The lowest BCUT2D eigenvalue weighted by atomic mass is 10.4. The molecule has 6 nitrogen and oxygen atoms in total. The molecule has 0 unspecified atom stereocenters. The highest BCUT2D eigenvalue weighted by molar-refractivity contribution is 5.79. The number of ether oxygens (including phenoxy) is 1. The summed E-state index contributed by atoms with van der Waals surface area (Å²) in [5, 5.41) is 2.78. The lowest BCUT2D eigenvalue weighted by molar-refractivity contribution is -0.144. The molecule has 1 aromatic rings. The maximum atomic E-state index is 11.9. The van der Waals surface area contributed by atoms with Gasteiger partial charge in [-0.1, -0.05) is 0 Å². The van der Waals surface area contributed by atoms with Crippen molar-refractivity contribution >= 4 is 11.9 Å². The van der Waals surface area contributed by atoms with E-state index in [1.165, 1.54) is 0 Å². The Morgan fingerprint density at radius 2 is 2.25 bits per heavy atom. The molecule has 0 saturated heterocycles. The molecule has 1 amide bonds. The highest BCUT2D eigenvalue weighted by Crippen LogP contribution is 2.26. The lowest BCUT2D eigenvalue weighted by Gasteiger charge is -2.20. The van der Waals surface area contributed by atoms with Gasteiger partial charge in [0.15, 0.2) is 0 Å². The molecule has 0 radical (unpaired) electrons. The molecular weight excluding hydrogens is 260 g/mol. The molecule has 1 aliphatic carbocycles. The molecule has 1 N–H and O–H groups in total. The molecule has 1 fully saturated rings. The maximum absolute atomic E-state index is 11.9. The smallest absolute Gasteiger partial charge is 0.320 e. The van der Waals surface area contributed by atoms with Gasteiger partial charge < -0.3 is 14.5 Å². The van der Waals surface area contributed by atoms with Gasteiger partial charge in [0.05, 0.1) is 32.5 Å². The van der Waals surface area contributed by atoms with Crippen LogP contribution in [0.5, 0.6) is 0 Å². The van der Waals surface area contributed by atoms with Crippen molar-refractivity contribution in [1.82, 2.24) is 10.2 Å². The first-order chi connectivity index (χ1) is 9.69. The number of nitrogens with one attached hydrogen (secondary N) is 1. The SMILES string of the molecule is CCOC(=O)CN(CC(=O)NCc1ccco1)C1CC1. The number of furan rings is 1. The molecule has 0 aliphatic heterocycles. The van der Waals surface area contributed by atoms with E-state index in [4.69, 9.17) is 9.15 Å². The molecule has 0 bridgehead atoms. The van der Waals surface area contributed by atoms with Gasteiger partial charge in [-0.15, -0.1) is 0 Å². The molecule has 1 saturated carbocycles. The number of esters is 1. The summed E-state index contributed by atoms with van der Waals surface area (Å²) in [5.41, 5.74) is 0. The van der Waals surface area contributed by atoms with Gasteiger partial charge in [-0.05, 0) is 31.9 Å². The van der Waals surface area contributed by atoms with Gasteiger partial charge in [0.2, 0.25) is 5.91 Å². The second-order valence-electron chi connectivity index (χ2n) is 4.80. The number of hydrogen-bond donors (Lipinski definition) is 1. The van der Waals surface area contributed by atoms with Gasteiger partial charge in [0, 0.05) is 6.04 Å². The zero-order valence-corrected chi connectivity index (χ0v) is 11.6. The monoisotopic (exact) mass is 280 g/mol. The predicted molar refractivity (Wildman–Crippen MR) is 71.8 cm³/mol. The Morgan fingerprint density at radius 3 is 2.85 bits per heavy atom. The first-order valence-electron chi connectivity index (χ1n) is 6.87. The zero-order chi connectivity index (χ0) is 14.4. The summed E-state index contributed by atoms with van der Waals surface area (Å²) in [5.74, 6) is 0.317. The van der Waals surface area contributed by atoms with Crippen LogP contribution in [0.15, 0.2) is 22.8 Å². The average Bonchev–Trinajstić information content (AvgIpc) is 3.13. The van der Waals surface area contributed by atoms with E-state index in [1.54, 1.807) is 25.3 Å². The standard InChI is InChI=1S/C14H20N2O4/c1-2-19-14(18)10-16(11-5-6-11)9-13(17)15-8-12-4-3-7-20-12/h3-4,7,11H,2,5-6,8-10H2,1H3,(H,15,17). The molecule has 6 heteroatoms. The molecule has 1 aromatic heterocycles. The summed E-state index contributed by atoms with van der Waals surface area (Å²) in [4.78, 5) is 25.2. The zero-order valence-electron chi connectivity index (χ0n) is 11.6. The number of nitrogens with zero attached hydrogens (tertiary/aromatic N) is 1. The van der Waals surface area contributed by atoms with E-state index < -0.39 is 0 Å². The predicted octanol–water partition coefficient (Wildman–Crippen LogP) is 0.923. The quantitative estimate of drug-likeness (QED) is 0.717. The molecule has 0 aromatic carbocycles. The minimum absolute atomic E-state index is 0.113. The van der Waals surface area contributed by atoms with Crippen LogP contribution in [0.25, 0.3) is 0 Å². The van der Waals surface area contributed by atoms with Crippen molar-refractivity contribution in [2.24, 2.45) is 0 Å². The normalized spacial score (nSPS) is 14.3. The van der Waals surface area contributed by atoms with Gasteiger partial charge >= 0.3 is 5.97 Å². The van der Waals surface area contributed by atoms with Crippen LogP contribution in [0.4, 0.5) is 0 Å². The van der Waals surface area contributed by atoms with E-state index in [-0.39, 0.29) is 25.0 Å². The Morgan fingerprint density at radius 1 is 1.45 bits per heavy atom. The van der Waals surface area contributed by atoms with Crippen molar-refractivity contribution in [3.8, 4) is 0 Å². The molecule has 0 spiro atoms. The second-order valence-corrected chi connectivity index (χ2v) is 4.80. The highest BCUT2D eigenvalue weighted by atomic mass is 16.5. The van der Waals surface area contributed by atoms with Crippen LogP contribution in [0.3, 0.4) is 0 Å². The number of carbonyl (C=O) groups is 2. The van der Waals surface area contributed by atoms with Gasteiger partial charge in [-0.25, -0.2) is 0 Å². The van der Waals surface area contributed by atoms with E-state index in [1.807, 2.05) is 4.90 Å². The minimum Gasteiger partial charge on any atom is -0.467 e. The van der Waals surface area contributed by atoms with Crippen molar-refractivity contribution in [3.63, 3.8) is 0 Å². The molecule has 2 rings (SSSR count). The van der Waals surface area contributed by atoms with Crippen molar-refractivity contribution in [2.45, 2.75) is 32.4 Å². The van der Waals surface area contributed by atoms with E-state index in [0.717, 1.165) is 12.8 Å². The van der Waals surface area contributed by atoms with Crippen LogP contribution in [0, 0.1) is 0 Å². The van der Waals surface area contributed by atoms with Crippen molar-refractivity contribution < 1.29 is 18.7 Å². The maximum Gasteiger partial charge on any atom is 0.320 e. The first-order valence-corrected chi connectivity index (χ1v) is 6.87. The molecule has 0 atom stereocenters. The van der Waals surface area contributed by atoms with Gasteiger partial charge in [-0.2, -0.15) is 0 Å². The summed E-state index contributed by atoms with van der Waals surface area (Å²) in [6, 6.07) is 3.91. The number of hydrogen-bond acceptors (Lipinski definition) is 5. The third kappa shape index (κ3) is 4.70. The van der Waals surface area contributed by atoms with Crippen molar-refractivity contribution in [3.05, 3.63) is 24.2 Å². The third-order valence-electron chi connectivity index (χ3n) is 3.09. The summed E-state index contributed by atoms with van der Waals surface area (Å²) < 4.78 is 10.1. The summed E-state index contributed by atoms with van der Waals surface area (Å²) in [6.45, 7) is 2.89. The number of carbonyl (C=O) groups excluding carboxylic acids is 2. The van der Waals surface area contributed by atoms with Crippen LogP contribution in [0.1, 0.15) is 25.5 Å². The van der Waals surface area contributed by atoms with Crippen LogP contribution >= 0.6 is 0 Å². The number of amides is 1. The van der Waals surface area contributed by atoms with E-state index in [2.05, 4.69) is 5.32 Å². The molecule has 1 heterocycles. The van der Waals surface area contributed by atoms with Crippen LogP contribution < -0.4 is 5.32 Å². The fourth-order valence-electron chi connectivity index (χ4n) is 1.97. The van der Waals surface area contributed by atoms with E-state index in [9.17, 15) is 9.59 Å². The van der Waals surface area contributed by atoms with Crippen molar-refractivity contribution in [1.29, 1.82) is 0 Å². The number of rotatable bonds is 8. The topological polar surface area (TPSA) is 71.8 Å². The van der Waals surface area contributed by atoms with Gasteiger partial charge in [0.1, 0.15) is 5.76 Å². The molecule has 110 valence electrons. The third-order valence-corrected chi connectivity index (χ3v) is 3.09. The van der Waals surface area contributed by atoms with Crippen molar-refractivity contribution in [2.75, 3.05) is 19.7 Å². The molecular formula is C14H20N2O4. The van der Waals surface area contributed by atoms with Crippen LogP contribution in [0.2, 0.25) is 0 Å². The van der Waals surface area contributed by atoms with E-state index in [0.29, 0.717) is 25.0 Å². The first kappa shape index (κ1) is 14.6. The Hall–Kier alpha value is -1.82. The van der Waals surface area contributed by atoms with Crippen LogP contribution in [-0.2, 0) is 20.9 Å². The van der Waals surface area contributed by atoms with Gasteiger partial charge in [0.25, 0.3) is 0 Å². The Bertz CT molecular complexity index is 440. The summed E-state index contributed by atoms with van der Waals surface area (Å²) >= 11 is 0. The molecule has 1 aliphatic rings. The largest absolute Gasteiger partial charge is 0.467 e. The molecule has 20 heavy (non-hydrogen) atoms. The van der Waals surface area contributed by atoms with Crippen LogP contribution in [-0.4, -0.2) is 42.5 Å². The second kappa shape index (κ2) is 7.09. The van der Waals surface area contributed by atoms with Gasteiger partial charge in [-0.3, -0.25) is 14.5 Å². The fourth-order valence-corrected chi connectivity index (χ4v) is 1.97.